The van der Waals surface area contributed by atoms with E-state index in [1.807, 2.05) is 73.8 Å². The van der Waals surface area contributed by atoms with E-state index in [1.165, 1.54) is 0 Å². The van der Waals surface area contributed by atoms with Gasteiger partial charge in [0.2, 0.25) is 0 Å². The summed E-state index contributed by atoms with van der Waals surface area (Å²) in [5.74, 6) is 1.47. The molecule has 1 aromatic heterocycles. The molecule has 134 valence electrons. The molecule has 1 amide bonds. The number of carbonyl (C=O) groups is 1. The molecule has 0 bridgehead atoms. The van der Waals surface area contributed by atoms with Crippen molar-refractivity contribution in [2.75, 3.05) is 19.5 Å². The van der Waals surface area contributed by atoms with E-state index in [1.54, 1.807) is 13.4 Å². The van der Waals surface area contributed by atoms with Gasteiger partial charge in [-0.15, -0.1) is 0 Å². The van der Waals surface area contributed by atoms with Crippen molar-refractivity contribution >= 4 is 11.6 Å². The normalized spacial score (nSPS) is 13.0. The van der Waals surface area contributed by atoms with Crippen LogP contribution in [-0.4, -0.2) is 20.1 Å². The Bertz CT molecular complexity index is 831. The van der Waals surface area contributed by atoms with Crippen molar-refractivity contribution in [1.29, 1.82) is 0 Å². The molecule has 26 heavy (non-hydrogen) atoms. The largest absolute Gasteiger partial charge is 0.497 e. The topological polar surface area (TPSA) is 55.9 Å². The van der Waals surface area contributed by atoms with Crippen molar-refractivity contribution < 1.29 is 18.8 Å². The Kier molecular flexibility index (Phi) is 5.71. The summed E-state index contributed by atoms with van der Waals surface area (Å²) in [5, 5.41) is 3.01. The van der Waals surface area contributed by atoms with Gasteiger partial charge < -0.3 is 19.4 Å². The van der Waals surface area contributed by atoms with E-state index in [9.17, 15) is 4.79 Å². The Morgan fingerprint density at radius 3 is 2.62 bits per heavy atom. The van der Waals surface area contributed by atoms with E-state index in [-0.39, 0.29) is 11.9 Å². The minimum atomic E-state index is -0.368. The fourth-order valence-electron chi connectivity index (χ4n) is 3.01. The number of methoxy groups -OCH3 is 1. The molecule has 5 heteroatoms. The molecule has 0 saturated heterocycles. The zero-order chi connectivity index (χ0) is 18.4. The van der Waals surface area contributed by atoms with Crippen molar-refractivity contribution in [2.45, 2.75) is 12.6 Å². The van der Waals surface area contributed by atoms with Crippen LogP contribution in [-0.2, 0) is 11.3 Å². The van der Waals surface area contributed by atoms with Crippen LogP contribution in [0.4, 0.5) is 5.69 Å². The SMILES string of the molecule is COc1cccc(NC(=O)[C@@H](c2ccccc2)[NH+](C)Cc2ccco2)c1. The smallest absolute Gasteiger partial charge is 0.287 e. The van der Waals surface area contributed by atoms with Gasteiger partial charge in [-0.2, -0.15) is 0 Å². The lowest BCUT2D eigenvalue weighted by Crippen LogP contribution is -3.09. The Balaban J connectivity index is 1.83. The van der Waals surface area contributed by atoms with Crippen molar-refractivity contribution in [3.8, 4) is 5.75 Å². The number of hydrogen-bond acceptors (Lipinski definition) is 3. The molecule has 0 fully saturated rings. The van der Waals surface area contributed by atoms with Gasteiger partial charge in [-0.1, -0.05) is 36.4 Å². The number of furan rings is 1. The number of anilines is 1. The van der Waals surface area contributed by atoms with Gasteiger partial charge >= 0.3 is 0 Å². The average molecular weight is 351 g/mol. The Hall–Kier alpha value is -3.05. The number of nitrogens with one attached hydrogen (secondary N) is 2. The second-order valence-corrected chi connectivity index (χ2v) is 6.17. The third-order valence-corrected chi connectivity index (χ3v) is 4.26. The van der Waals surface area contributed by atoms with E-state index >= 15 is 0 Å². The van der Waals surface area contributed by atoms with Crippen LogP contribution in [0.1, 0.15) is 17.4 Å². The third-order valence-electron chi connectivity index (χ3n) is 4.26. The Labute approximate surface area is 153 Å². The van der Waals surface area contributed by atoms with Crippen molar-refractivity contribution in [3.05, 3.63) is 84.3 Å². The number of carbonyl (C=O) groups excluding carboxylic acids is 1. The van der Waals surface area contributed by atoms with Crippen molar-refractivity contribution in [2.24, 2.45) is 0 Å². The molecule has 2 N–H and O–H groups in total. The third kappa shape index (κ3) is 4.32. The monoisotopic (exact) mass is 351 g/mol. The number of benzene rings is 2. The van der Waals surface area contributed by atoms with E-state index in [4.69, 9.17) is 9.15 Å². The summed E-state index contributed by atoms with van der Waals surface area (Å²) in [4.78, 5) is 14.1. The van der Waals surface area contributed by atoms with Crippen LogP contribution in [0.2, 0.25) is 0 Å². The second-order valence-electron chi connectivity index (χ2n) is 6.17. The fourth-order valence-corrected chi connectivity index (χ4v) is 3.01. The van der Waals surface area contributed by atoms with Crippen LogP contribution in [0.5, 0.6) is 5.75 Å². The van der Waals surface area contributed by atoms with Crippen LogP contribution < -0.4 is 15.0 Å². The number of quaternary nitrogens is 1. The van der Waals surface area contributed by atoms with Gasteiger partial charge in [0.25, 0.3) is 5.91 Å². The van der Waals surface area contributed by atoms with Gasteiger partial charge in [-0.25, -0.2) is 0 Å². The highest BCUT2D eigenvalue weighted by atomic mass is 16.5. The molecule has 0 radical (unpaired) electrons. The zero-order valence-electron chi connectivity index (χ0n) is 14.9. The number of ether oxygens (including phenoxy) is 1. The summed E-state index contributed by atoms with van der Waals surface area (Å²) in [6.07, 6.45) is 1.65. The summed E-state index contributed by atoms with van der Waals surface area (Å²) >= 11 is 0. The molecule has 0 spiro atoms. The van der Waals surface area contributed by atoms with Crippen LogP contribution >= 0.6 is 0 Å². The van der Waals surface area contributed by atoms with Gasteiger partial charge in [0.15, 0.2) is 11.8 Å². The van der Waals surface area contributed by atoms with Crippen LogP contribution in [0, 0.1) is 0 Å². The van der Waals surface area contributed by atoms with Crippen LogP contribution in [0.15, 0.2) is 77.4 Å². The maximum absolute atomic E-state index is 13.1. The average Bonchev–Trinajstić information content (AvgIpc) is 3.16. The maximum Gasteiger partial charge on any atom is 0.287 e. The summed E-state index contributed by atoms with van der Waals surface area (Å²) in [5.41, 5.74) is 1.66. The highest BCUT2D eigenvalue weighted by Gasteiger charge is 2.29. The van der Waals surface area contributed by atoms with Gasteiger partial charge in [0, 0.05) is 17.3 Å². The molecule has 1 heterocycles. The van der Waals surface area contributed by atoms with Gasteiger partial charge in [0.1, 0.15) is 12.3 Å². The maximum atomic E-state index is 13.1. The summed E-state index contributed by atoms with van der Waals surface area (Å²) in [6.45, 7) is 0.609. The Morgan fingerprint density at radius 1 is 1.12 bits per heavy atom. The van der Waals surface area contributed by atoms with E-state index in [0.29, 0.717) is 18.0 Å². The Morgan fingerprint density at radius 2 is 1.92 bits per heavy atom. The highest BCUT2D eigenvalue weighted by molar-refractivity contribution is 5.94. The number of amides is 1. The first-order valence-electron chi connectivity index (χ1n) is 8.52. The first kappa shape index (κ1) is 17.8. The number of likely N-dealkylation sites (N-methyl/N-ethyl adjacent to an activating group) is 1. The number of hydrogen-bond donors (Lipinski definition) is 2. The van der Waals surface area contributed by atoms with Crippen molar-refractivity contribution in [3.63, 3.8) is 0 Å². The standard InChI is InChI=1S/C21H22N2O3/c1-23(15-19-12-7-13-26-19)20(16-8-4-3-5-9-16)21(24)22-17-10-6-11-18(14-17)25-2/h3-14,20H,15H2,1-2H3,(H,22,24)/p+1/t20-/m1/s1. The summed E-state index contributed by atoms with van der Waals surface area (Å²) < 4.78 is 10.7. The molecule has 2 aromatic carbocycles. The van der Waals surface area contributed by atoms with E-state index in [2.05, 4.69) is 5.32 Å². The van der Waals surface area contributed by atoms with Crippen LogP contribution in [0.3, 0.4) is 0 Å². The molecule has 5 nitrogen and oxygen atoms in total. The second kappa shape index (κ2) is 8.36. The summed E-state index contributed by atoms with van der Waals surface area (Å²) in [7, 11) is 3.60. The van der Waals surface area contributed by atoms with E-state index < -0.39 is 0 Å². The molecule has 3 rings (SSSR count). The van der Waals surface area contributed by atoms with E-state index in [0.717, 1.165) is 16.2 Å². The lowest BCUT2D eigenvalue weighted by molar-refractivity contribution is -0.916. The minimum absolute atomic E-state index is 0.0755. The molecular weight excluding hydrogens is 328 g/mol. The van der Waals surface area contributed by atoms with Gasteiger partial charge in [0.05, 0.1) is 20.4 Å². The molecule has 0 aliphatic heterocycles. The minimum Gasteiger partial charge on any atom is -0.497 e. The lowest BCUT2D eigenvalue weighted by atomic mass is 10.0. The zero-order valence-corrected chi connectivity index (χ0v) is 14.9. The fraction of sp³-hybridized carbons (Fsp3) is 0.190. The van der Waals surface area contributed by atoms with Gasteiger partial charge in [-0.05, 0) is 24.3 Å². The summed E-state index contributed by atoms with van der Waals surface area (Å²) in [6, 6.07) is 20.6. The predicted octanol–water partition coefficient (Wildman–Crippen LogP) is 2.68. The lowest BCUT2D eigenvalue weighted by Gasteiger charge is -2.24. The molecule has 3 aromatic rings. The first-order chi connectivity index (χ1) is 12.7. The molecular formula is C21H23N2O3+. The van der Waals surface area contributed by atoms with Crippen LogP contribution in [0.25, 0.3) is 0 Å². The van der Waals surface area contributed by atoms with Gasteiger partial charge in [-0.3, -0.25) is 4.79 Å². The highest BCUT2D eigenvalue weighted by Crippen LogP contribution is 2.19. The molecule has 0 aliphatic rings. The quantitative estimate of drug-likeness (QED) is 0.688. The molecule has 0 aliphatic carbocycles. The molecule has 1 unspecified atom stereocenters. The molecule has 2 atom stereocenters. The first-order valence-corrected chi connectivity index (χ1v) is 8.52. The number of rotatable bonds is 7. The molecule has 0 saturated carbocycles. The van der Waals surface area contributed by atoms with Crippen molar-refractivity contribution in [1.82, 2.24) is 0 Å². The predicted molar refractivity (Wildman–Crippen MR) is 100 cm³/mol.